The Labute approximate surface area is 98.9 Å². The summed E-state index contributed by atoms with van der Waals surface area (Å²) in [5, 5.41) is 3.92. The Morgan fingerprint density at radius 2 is 1.94 bits per heavy atom. The average molecular weight is 236 g/mol. The summed E-state index contributed by atoms with van der Waals surface area (Å²) in [6, 6.07) is 7.80. The van der Waals surface area contributed by atoms with Gasteiger partial charge in [-0.05, 0) is 24.1 Å². The molecule has 0 saturated carbocycles. The normalized spacial score (nSPS) is 11.1. The third-order valence-electron chi connectivity index (χ3n) is 2.59. The van der Waals surface area contributed by atoms with Gasteiger partial charge in [0.15, 0.2) is 0 Å². The first kappa shape index (κ1) is 11.8. The van der Waals surface area contributed by atoms with E-state index in [9.17, 15) is 8.78 Å². The van der Waals surface area contributed by atoms with Gasteiger partial charge in [-0.1, -0.05) is 25.5 Å². The molecule has 0 unspecified atom stereocenters. The third kappa shape index (κ3) is 2.70. The number of aromatic nitrogens is 2. The molecule has 17 heavy (non-hydrogen) atoms. The van der Waals surface area contributed by atoms with Gasteiger partial charge < -0.3 is 0 Å². The van der Waals surface area contributed by atoms with Crippen LogP contribution in [0.2, 0.25) is 0 Å². The van der Waals surface area contributed by atoms with Crippen molar-refractivity contribution in [1.82, 2.24) is 9.78 Å². The molecule has 1 heterocycles. The Balaban J connectivity index is 2.21. The maximum Gasteiger partial charge on any atom is 0.266 e. The highest BCUT2D eigenvalue weighted by atomic mass is 19.3. The van der Waals surface area contributed by atoms with Crippen LogP contribution in [-0.2, 0) is 6.42 Å². The van der Waals surface area contributed by atoms with Gasteiger partial charge in [0.25, 0.3) is 6.43 Å². The molecule has 1 aromatic carbocycles. The molecule has 0 saturated heterocycles. The molecule has 2 nitrogen and oxygen atoms in total. The lowest BCUT2D eigenvalue weighted by Gasteiger charge is -2.03. The minimum atomic E-state index is -2.47. The Morgan fingerprint density at radius 1 is 1.24 bits per heavy atom. The van der Waals surface area contributed by atoms with Crippen molar-refractivity contribution >= 4 is 0 Å². The minimum Gasteiger partial charge on any atom is -0.240 e. The lowest BCUT2D eigenvalue weighted by Crippen LogP contribution is -1.94. The molecule has 1 aromatic heterocycles. The highest BCUT2D eigenvalue weighted by Gasteiger charge is 2.10. The maximum atomic E-state index is 12.4. The Kier molecular flexibility index (Phi) is 3.52. The van der Waals surface area contributed by atoms with Crippen molar-refractivity contribution in [3.8, 4) is 5.69 Å². The van der Waals surface area contributed by atoms with Gasteiger partial charge in [-0.3, -0.25) is 0 Å². The number of hydrogen-bond acceptors (Lipinski definition) is 1. The molecule has 2 rings (SSSR count). The van der Waals surface area contributed by atoms with Crippen molar-refractivity contribution < 1.29 is 8.78 Å². The van der Waals surface area contributed by atoms with E-state index in [-0.39, 0.29) is 5.56 Å². The summed E-state index contributed by atoms with van der Waals surface area (Å²) in [6.07, 6.45) is 2.21. The Bertz CT molecular complexity index is 474. The Hall–Kier alpha value is -1.71. The molecule has 4 heteroatoms. The minimum absolute atomic E-state index is 0.0531. The van der Waals surface area contributed by atoms with Crippen LogP contribution in [0.3, 0.4) is 0 Å². The van der Waals surface area contributed by atoms with E-state index in [0.717, 1.165) is 18.5 Å². The van der Waals surface area contributed by atoms with Crippen LogP contribution in [0.1, 0.15) is 30.9 Å². The van der Waals surface area contributed by atoms with Crippen molar-refractivity contribution in [2.24, 2.45) is 0 Å². The van der Waals surface area contributed by atoms with E-state index in [4.69, 9.17) is 0 Å². The average Bonchev–Trinajstić information content (AvgIpc) is 2.80. The van der Waals surface area contributed by atoms with E-state index in [2.05, 4.69) is 12.0 Å². The summed E-state index contributed by atoms with van der Waals surface area (Å²) in [5.74, 6) is 0. The van der Waals surface area contributed by atoms with Crippen molar-refractivity contribution in [1.29, 1.82) is 0 Å². The molecule has 2 aromatic rings. The second-order valence-corrected chi connectivity index (χ2v) is 3.94. The largest absolute Gasteiger partial charge is 0.266 e. The van der Waals surface area contributed by atoms with Crippen LogP contribution in [0, 0.1) is 0 Å². The molecule has 0 aliphatic carbocycles. The highest BCUT2D eigenvalue weighted by Crippen LogP contribution is 2.19. The second kappa shape index (κ2) is 5.08. The summed E-state index contributed by atoms with van der Waals surface area (Å²) in [7, 11) is 0. The predicted molar refractivity (Wildman–Crippen MR) is 62.5 cm³/mol. The van der Waals surface area contributed by atoms with Crippen LogP contribution < -0.4 is 0 Å². The van der Waals surface area contributed by atoms with Crippen molar-refractivity contribution in [3.05, 3.63) is 47.8 Å². The van der Waals surface area contributed by atoms with Crippen LogP contribution in [0.15, 0.2) is 36.7 Å². The zero-order valence-electron chi connectivity index (χ0n) is 9.61. The summed E-state index contributed by atoms with van der Waals surface area (Å²) in [5.41, 5.74) is 2.00. The lowest BCUT2D eigenvalue weighted by molar-refractivity contribution is 0.151. The molecule has 90 valence electrons. The van der Waals surface area contributed by atoms with Gasteiger partial charge in [0.2, 0.25) is 0 Å². The highest BCUT2D eigenvalue weighted by molar-refractivity contribution is 5.34. The summed E-state index contributed by atoms with van der Waals surface area (Å²) in [6.45, 7) is 2.12. The van der Waals surface area contributed by atoms with Gasteiger partial charge in [-0.15, -0.1) is 0 Å². The molecule has 0 atom stereocenters. The van der Waals surface area contributed by atoms with E-state index in [0.29, 0.717) is 0 Å². The number of rotatable bonds is 4. The van der Waals surface area contributed by atoms with Crippen LogP contribution in [-0.4, -0.2) is 9.78 Å². The van der Waals surface area contributed by atoms with E-state index in [1.54, 1.807) is 0 Å². The summed E-state index contributed by atoms with van der Waals surface area (Å²) >= 11 is 0. The topological polar surface area (TPSA) is 17.8 Å². The van der Waals surface area contributed by atoms with Gasteiger partial charge in [0.05, 0.1) is 17.4 Å². The first-order chi connectivity index (χ1) is 8.20. The molecular formula is C13H14F2N2. The smallest absolute Gasteiger partial charge is 0.240 e. The number of alkyl halides is 2. The van der Waals surface area contributed by atoms with Gasteiger partial charge in [-0.25, -0.2) is 13.5 Å². The summed E-state index contributed by atoms with van der Waals surface area (Å²) in [4.78, 5) is 0. The van der Waals surface area contributed by atoms with E-state index < -0.39 is 6.43 Å². The van der Waals surface area contributed by atoms with Crippen molar-refractivity contribution in [2.45, 2.75) is 26.2 Å². The van der Waals surface area contributed by atoms with Crippen LogP contribution in [0.25, 0.3) is 5.69 Å². The zero-order chi connectivity index (χ0) is 12.3. The standard InChI is InChI=1S/C13H14F2N2/c1-2-3-10-4-6-12(7-5-10)17-9-11(8-16-17)13(14)15/h4-9,13H,2-3H2,1H3. The first-order valence-corrected chi connectivity index (χ1v) is 5.62. The number of hydrogen-bond donors (Lipinski definition) is 0. The molecule has 0 amide bonds. The van der Waals surface area contributed by atoms with E-state index in [1.165, 1.54) is 22.6 Å². The predicted octanol–water partition coefficient (Wildman–Crippen LogP) is 3.76. The Morgan fingerprint density at radius 3 is 2.47 bits per heavy atom. The fourth-order valence-corrected chi connectivity index (χ4v) is 1.69. The third-order valence-corrected chi connectivity index (χ3v) is 2.59. The quantitative estimate of drug-likeness (QED) is 0.790. The van der Waals surface area contributed by atoms with Gasteiger partial charge >= 0.3 is 0 Å². The molecule has 0 radical (unpaired) electrons. The molecule has 0 aliphatic rings. The van der Waals surface area contributed by atoms with Crippen molar-refractivity contribution in [3.63, 3.8) is 0 Å². The van der Waals surface area contributed by atoms with E-state index in [1.807, 2.05) is 24.3 Å². The van der Waals surface area contributed by atoms with Crippen LogP contribution >= 0.6 is 0 Å². The number of benzene rings is 1. The fraction of sp³-hybridized carbons (Fsp3) is 0.308. The molecule has 0 N–H and O–H groups in total. The first-order valence-electron chi connectivity index (χ1n) is 5.62. The van der Waals surface area contributed by atoms with Gasteiger partial charge in [0.1, 0.15) is 0 Å². The van der Waals surface area contributed by atoms with Crippen molar-refractivity contribution in [2.75, 3.05) is 0 Å². The fourth-order valence-electron chi connectivity index (χ4n) is 1.69. The number of nitrogens with zero attached hydrogens (tertiary/aromatic N) is 2. The molecular weight excluding hydrogens is 222 g/mol. The number of halogens is 2. The van der Waals surface area contributed by atoms with E-state index >= 15 is 0 Å². The SMILES string of the molecule is CCCc1ccc(-n2cc(C(F)F)cn2)cc1. The van der Waals surface area contributed by atoms with Crippen LogP contribution in [0.5, 0.6) is 0 Å². The zero-order valence-corrected chi connectivity index (χ0v) is 9.61. The van der Waals surface area contributed by atoms with Crippen LogP contribution in [0.4, 0.5) is 8.78 Å². The molecule has 0 bridgehead atoms. The lowest BCUT2D eigenvalue weighted by atomic mass is 10.1. The molecule has 0 fully saturated rings. The second-order valence-electron chi connectivity index (χ2n) is 3.94. The molecule has 0 spiro atoms. The maximum absolute atomic E-state index is 12.4. The molecule has 0 aliphatic heterocycles. The summed E-state index contributed by atoms with van der Waals surface area (Å²) < 4.78 is 26.3. The monoisotopic (exact) mass is 236 g/mol. The van der Waals surface area contributed by atoms with Gasteiger partial charge in [-0.2, -0.15) is 5.10 Å². The van der Waals surface area contributed by atoms with Gasteiger partial charge in [0, 0.05) is 6.20 Å². The number of aryl methyl sites for hydroxylation is 1.